The highest BCUT2D eigenvalue weighted by Crippen LogP contribution is 1.92. The Bertz CT molecular complexity index is 47.0. The van der Waals surface area contributed by atoms with Crippen molar-refractivity contribution in [3.8, 4) is 0 Å². The summed E-state index contributed by atoms with van der Waals surface area (Å²) in [7, 11) is 0. The predicted octanol–water partition coefficient (Wildman–Crippen LogP) is -1.11. The molecule has 4 N–H and O–H groups in total. The summed E-state index contributed by atoms with van der Waals surface area (Å²) in [5.74, 6) is -0.208. The minimum Gasteiger partial charge on any atom is -0.396 e. The van der Waals surface area contributed by atoms with Crippen LogP contribution in [0.4, 0.5) is 0 Å². The van der Waals surface area contributed by atoms with Gasteiger partial charge < -0.3 is 15.9 Å². The molecular formula is C4H11NO2. The van der Waals surface area contributed by atoms with Gasteiger partial charge in [-0.1, -0.05) is 6.92 Å². The first kappa shape index (κ1) is 6.88. The quantitative estimate of drug-likeness (QED) is 0.390. The molecule has 2 unspecified atom stereocenters. The zero-order chi connectivity index (χ0) is 5.86. The first-order valence-electron chi connectivity index (χ1n) is 2.23. The molecule has 0 saturated heterocycles. The van der Waals surface area contributed by atoms with Crippen LogP contribution in [0.2, 0.25) is 0 Å². The van der Waals surface area contributed by atoms with Crippen molar-refractivity contribution in [3.63, 3.8) is 0 Å². The second kappa shape index (κ2) is 2.96. The van der Waals surface area contributed by atoms with Crippen LogP contribution in [0.15, 0.2) is 0 Å². The summed E-state index contributed by atoms with van der Waals surface area (Å²) in [6.45, 7) is 1.61. The molecule has 0 aromatic carbocycles. The molecule has 0 amide bonds. The molecule has 0 radical (unpaired) electrons. The van der Waals surface area contributed by atoms with Crippen LogP contribution in [0.3, 0.4) is 0 Å². The summed E-state index contributed by atoms with van der Waals surface area (Å²) in [4.78, 5) is 0. The van der Waals surface area contributed by atoms with Crippen molar-refractivity contribution in [2.45, 2.75) is 13.2 Å². The molecule has 44 valence electrons. The molecule has 0 saturated carbocycles. The largest absolute Gasteiger partial charge is 0.396 e. The van der Waals surface area contributed by atoms with E-state index >= 15 is 0 Å². The maximum absolute atomic E-state index is 8.44. The van der Waals surface area contributed by atoms with Gasteiger partial charge in [0.15, 0.2) is 0 Å². The normalized spacial score (nSPS) is 18.9. The van der Waals surface area contributed by atoms with Gasteiger partial charge >= 0.3 is 0 Å². The van der Waals surface area contributed by atoms with E-state index in [4.69, 9.17) is 15.9 Å². The third kappa shape index (κ3) is 2.56. The van der Waals surface area contributed by atoms with E-state index in [1.165, 1.54) is 0 Å². The number of hydrogen-bond acceptors (Lipinski definition) is 3. The van der Waals surface area contributed by atoms with E-state index in [1.807, 2.05) is 0 Å². The maximum Gasteiger partial charge on any atom is 0.107 e. The molecule has 0 fully saturated rings. The van der Waals surface area contributed by atoms with Crippen molar-refractivity contribution in [3.05, 3.63) is 0 Å². The van der Waals surface area contributed by atoms with Gasteiger partial charge in [-0.3, -0.25) is 0 Å². The average molecular weight is 105 g/mol. The van der Waals surface area contributed by atoms with Gasteiger partial charge in [0.05, 0.1) is 0 Å². The number of aliphatic hydroxyl groups excluding tert-OH is 2. The fourth-order valence-electron chi connectivity index (χ4n) is 0.108. The van der Waals surface area contributed by atoms with E-state index in [1.54, 1.807) is 6.92 Å². The van der Waals surface area contributed by atoms with Crippen molar-refractivity contribution in [2.75, 3.05) is 6.61 Å². The lowest BCUT2D eigenvalue weighted by Gasteiger charge is -2.08. The number of aliphatic hydroxyl groups is 2. The Morgan fingerprint density at radius 2 is 2.14 bits per heavy atom. The molecule has 0 heterocycles. The lowest BCUT2D eigenvalue weighted by molar-refractivity contribution is 0.0823. The van der Waals surface area contributed by atoms with Gasteiger partial charge in [0.1, 0.15) is 6.23 Å². The van der Waals surface area contributed by atoms with Crippen molar-refractivity contribution < 1.29 is 10.2 Å². The van der Waals surface area contributed by atoms with E-state index in [0.29, 0.717) is 0 Å². The predicted molar refractivity (Wildman–Crippen MR) is 26.4 cm³/mol. The van der Waals surface area contributed by atoms with Gasteiger partial charge in [0.2, 0.25) is 0 Å². The molecule has 2 atom stereocenters. The second-order valence-electron chi connectivity index (χ2n) is 1.65. The zero-order valence-electron chi connectivity index (χ0n) is 4.33. The third-order valence-corrected chi connectivity index (χ3v) is 0.871. The monoisotopic (exact) mass is 105 g/mol. The minimum absolute atomic E-state index is 0.0579. The lowest BCUT2D eigenvalue weighted by atomic mass is 10.2. The Morgan fingerprint density at radius 1 is 1.71 bits per heavy atom. The smallest absolute Gasteiger partial charge is 0.107 e. The van der Waals surface area contributed by atoms with Crippen LogP contribution in [0.1, 0.15) is 6.92 Å². The molecule has 3 nitrogen and oxygen atoms in total. The fourth-order valence-corrected chi connectivity index (χ4v) is 0.108. The number of nitrogens with two attached hydrogens (primary N) is 1. The van der Waals surface area contributed by atoms with Crippen LogP contribution in [0.25, 0.3) is 0 Å². The van der Waals surface area contributed by atoms with E-state index in [0.717, 1.165) is 0 Å². The van der Waals surface area contributed by atoms with Crippen LogP contribution < -0.4 is 5.73 Å². The highest BCUT2D eigenvalue weighted by Gasteiger charge is 2.04. The first-order valence-corrected chi connectivity index (χ1v) is 2.23. The van der Waals surface area contributed by atoms with Gasteiger partial charge in [-0.25, -0.2) is 0 Å². The molecule has 7 heavy (non-hydrogen) atoms. The van der Waals surface area contributed by atoms with Crippen molar-refractivity contribution in [1.29, 1.82) is 0 Å². The molecule has 0 rings (SSSR count). The average Bonchev–Trinajstić information content (AvgIpc) is 1.65. The van der Waals surface area contributed by atoms with Crippen molar-refractivity contribution in [2.24, 2.45) is 11.7 Å². The molecule has 0 aromatic rings. The molecular weight excluding hydrogens is 94.0 g/mol. The lowest BCUT2D eigenvalue weighted by Crippen LogP contribution is -2.29. The molecule has 0 bridgehead atoms. The van der Waals surface area contributed by atoms with Crippen LogP contribution in [0, 0.1) is 5.92 Å². The standard InChI is InChI=1S/C4H11NO2/c1-3(2-6)4(5)7/h3-4,6-7H,2,5H2,1H3. The summed E-state index contributed by atoms with van der Waals surface area (Å²) in [6.07, 6.45) is -0.884. The third-order valence-electron chi connectivity index (χ3n) is 0.871. The van der Waals surface area contributed by atoms with E-state index in [2.05, 4.69) is 0 Å². The minimum atomic E-state index is -0.884. The SMILES string of the molecule is CC(CO)C(N)O. The van der Waals surface area contributed by atoms with Gasteiger partial charge in [0.25, 0.3) is 0 Å². The van der Waals surface area contributed by atoms with E-state index in [-0.39, 0.29) is 12.5 Å². The zero-order valence-corrected chi connectivity index (χ0v) is 4.33. The topological polar surface area (TPSA) is 66.5 Å². The van der Waals surface area contributed by atoms with Crippen molar-refractivity contribution >= 4 is 0 Å². The summed E-state index contributed by atoms with van der Waals surface area (Å²) in [5, 5.41) is 16.7. The Hall–Kier alpha value is -0.120. The summed E-state index contributed by atoms with van der Waals surface area (Å²) in [5.41, 5.74) is 4.94. The highest BCUT2D eigenvalue weighted by molar-refractivity contribution is 4.52. The Morgan fingerprint density at radius 3 is 2.14 bits per heavy atom. The van der Waals surface area contributed by atoms with Crippen molar-refractivity contribution in [1.82, 2.24) is 0 Å². The highest BCUT2D eigenvalue weighted by atomic mass is 16.3. The molecule has 0 aliphatic heterocycles. The van der Waals surface area contributed by atoms with Crippen LogP contribution in [0.5, 0.6) is 0 Å². The van der Waals surface area contributed by atoms with Crippen LogP contribution in [-0.4, -0.2) is 23.0 Å². The first-order chi connectivity index (χ1) is 3.18. The van der Waals surface area contributed by atoms with Gasteiger partial charge in [0, 0.05) is 12.5 Å². The molecule has 0 aromatic heterocycles. The van der Waals surface area contributed by atoms with Gasteiger partial charge in [-0.15, -0.1) is 0 Å². The van der Waals surface area contributed by atoms with Crippen LogP contribution in [-0.2, 0) is 0 Å². The van der Waals surface area contributed by atoms with E-state index < -0.39 is 6.23 Å². The number of hydrogen-bond donors (Lipinski definition) is 3. The second-order valence-corrected chi connectivity index (χ2v) is 1.65. The fraction of sp³-hybridized carbons (Fsp3) is 1.00. The van der Waals surface area contributed by atoms with Gasteiger partial charge in [-0.2, -0.15) is 0 Å². The Kier molecular flexibility index (Phi) is 2.91. The summed E-state index contributed by atoms with van der Waals surface area (Å²) in [6, 6.07) is 0. The summed E-state index contributed by atoms with van der Waals surface area (Å²) >= 11 is 0. The van der Waals surface area contributed by atoms with Crippen LogP contribution >= 0.6 is 0 Å². The molecule has 0 aliphatic rings. The Balaban J connectivity index is 3.14. The van der Waals surface area contributed by atoms with Gasteiger partial charge in [-0.05, 0) is 0 Å². The molecule has 0 spiro atoms. The van der Waals surface area contributed by atoms with E-state index in [9.17, 15) is 0 Å². The maximum atomic E-state index is 8.44. The number of rotatable bonds is 2. The summed E-state index contributed by atoms with van der Waals surface area (Å²) < 4.78 is 0. The molecule has 0 aliphatic carbocycles. The molecule has 3 heteroatoms. The Labute approximate surface area is 42.8 Å².